The van der Waals surface area contributed by atoms with Crippen LogP contribution < -0.4 is 0 Å². The first-order valence-corrected chi connectivity index (χ1v) is 3.51. The molecule has 64 valence electrons. The van der Waals surface area contributed by atoms with E-state index >= 15 is 0 Å². The highest BCUT2D eigenvalue weighted by Crippen LogP contribution is 2.00. The van der Waals surface area contributed by atoms with Gasteiger partial charge in [0.25, 0.3) is 0 Å². The predicted octanol–water partition coefficient (Wildman–Crippen LogP) is 0.803. The molecule has 0 aliphatic carbocycles. The third kappa shape index (κ3) is 4.36. The van der Waals surface area contributed by atoms with Crippen molar-refractivity contribution < 1.29 is 19.4 Å². The van der Waals surface area contributed by atoms with Crippen LogP contribution in [-0.4, -0.2) is 23.1 Å². The summed E-state index contributed by atoms with van der Waals surface area (Å²) in [4.78, 5) is 20.4. The first-order chi connectivity index (χ1) is 5.07. The van der Waals surface area contributed by atoms with Gasteiger partial charge in [-0.2, -0.15) is 0 Å². The monoisotopic (exact) mass is 160 g/mol. The molecule has 0 aromatic carbocycles. The van der Waals surface area contributed by atoms with Crippen LogP contribution in [0.4, 0.5) is 0 Å². The van der Waals surface area contributed by atoms with Crippen LogP contribution in [0.15, 0.2) is 0 Å². The quantitative estimate of drug-likeness (QED) is 0.490. The van der Waals surface area contributed by atoms with Crippen molar-refractivity contribution in [2.75, 3.05) is 0 Å². The van der Waals surface area contributed by atoms with Gasteiger partial charge in [-0.3, -0.25) is 0 Å². The number of carboxylic acids is 1. The Balaban J connectivity index is 3.66. The number of esters is 1. The van der Waals surface area contributed by atoms with Gasteiger partial charge < -0.3 is 9.84 Å². The summed E-state index contributed by atoms with van der Waals surface area (Å²) in [6.45, 7) is 3.61. The molecule has 0 aromatic heterocycles. The Kier molecular flexibility index (Phi) is 4.26. The molecule has 0 amide bonds. The van der Waals surface area contributed by atoms with Gasteiger partial charge in [0.1, 0.15) is 0 Å². The fourth-order valence-electron chi connectivity index (χ4n) is 0.699. The SMILES string of the molecule is CCCC(C)OC(=O)C(=O)O. The van der Waals surface area contributed by atoms with Gasteiger partial charge in [0, 0.05) is 0 Å². The van der Waals surface area contributed by atoms with E-state index in [4.69, 9.17) is 5.11 Å². The van der Waals surface area contributed by atoms with Gasteiger partial charge in [0.05, 0.1) is 6.10 Å². The van der Waals surface area contributed by atoms with E-state index in [0.29, 0.717) is 6.42 Å². The van der Waals surface area contributed by atoms with E-state index in [2.05, 4.69) is 4.74 Å². The summed E-state index contributed by atoms with van der Waals surface area (Å²) < 4.78 is 4.51. The molecule has 4 nitrogen and oxygen atoms in total. The zero-order valence-corrected chi connectivity index (χ0v) is 6.66. The maximum Gasteiger partial charge on any atom is 0.417 e. The predicted molar refractivity (Wildman–Crippen MR) is 38.1 cm³/mol. The van der Waals surface area contributed by atoms with Crippen molar-refractivity contribution in [3.05, 3.63) is 0 Å². The molecule has 0 rings (SSSR count). The van der Waals surface area contributed by atoms with Crippen LogP contribution in [-0.2, 0) is 14.3 Å². The van der Waals surface area contributed by atoms with E-state index in [1.54, 1.807) is 6.92 Å². The molecule has 0 saturated carbocycles. The minimum Gasteiger partial charge on any atom is -0.473 e. The Morgan fingerprint density at radius 1 is 1.55 bits per heavy atom. The van der Waals surface area contributed by atoms with E-state index in [9.17, 15) is 9.59 Å². The third-order valence-corrected chi connectivity index (χ3v) is 1.18. The van der Waals surface area contributed by atoms with Crippen molar-refractivity contribution in [1.29, 1.82) is 0 Å². The van der Waals surface area contributed by atoms with E-state index in [1.807, 2.05) is 6.92 Å². The van der Waals surface area contributed by atoms with Gasteiger partial charge >= 0.3 is 11.9 Å². The van der Waals surface area contributed by atoms with Crippen LogP contribution >= 0.6 is 0 Å². The van der Waals surface area contributed by atoms with Crippen LogP contribution in [0.5, 0.6) is 0 Å². The summed E-state index contributed by atoms with van der Waals surface area (Å²) in [7, 11) is 0. The summed E-state index contributed by atoms with van der Waals surface area (Å²) in [5.41, 5.74) is 0. The van der Waals surface area contributed by atoms with Crippen molar-refractivity contribution in [1.82, 2.24) is 0 Å². The lowest BCUT2D eigenvalue weighted by molar-refractivity contribution is -0.167. The summed E-state index contributed by atoms with van der Waals surface area (Å²) in [5.74, 6) is -2.71. The van der Waals surface area contributed by atoms with Crippen LogP contribution in [0.2, 0.25) is 0 Å². The van der Waals surface area contributed by atoms with Crippen LogP contribution in [0.1, 0.15) is 26.7 Å². The fraction of sp³-hybridized carbons (Fsp3) is 0.714. The standard InChI is InChI=1S/C7H12O4/c1-3-4-5(2)11-7(10)6(8)9/h5H,3-4H2,1-2H3,(H,8,9). The smallest absolute Gasteiger partial charge is 0.417 e. The lowest BCUT2D eigenvalue weighted by atomic mass is 10.2. The molecule has 0 saturated heterocycles. The Labute approximate surface area is 65.2 Å². The molecule has 0 aliphatic rings. The second-order valence-corrected chi connectivity index (χ2v) is 2.31. The van der Waals surface area contributed by atoms with E-state index in [1.165, 1.54) is 0 Å². The van der Waals surface area contributed by atoms with Crippen molar-refractivity contribution in [2.45, 2.75) is 32.8 Å². The topological polar surface area (TPSA) is 63.6 Å². The number of carbonyl (C=O) groups excluding carboxylic acids is 1. The van der Waals surface area contributed by atoms with E-state index < -0.39 is 11.9 Å². The molecule has 0 heterocycles. The zero-order chi connectivity index (χ0) is 8.85. The van der Waals surface area contributed by atoms with Gasteiger partial charge in [-0.05, 0) is 13.3 Å². The molecule has 0 aromatic rings. The number of carboxylic acid groups (broad SMARTS) is 1. The summed E-state index contributed by atoms with van der Waals surface area (Å²) >= 11 is 0. The molecule has 0 aliphatic heterocycles. The Bertz CT molecular complexity index is 153. The lowest BCUT2D eigenvalue weighted by Gasteiger charge is -2.08. The van der Waals surface area contributed by atoms with Crippen molar-refractivity contribution in [2.24, 2.45) is 0 Å². The molecule has 4 heteroatoms. The van der Waals surface area contributed by atoms with Gasteiger partial charge in [0.15, 0.2) is 0 Å². The molecule has 0 fully saturated rings. The highest BCUT2D eigenvalue weighted by atomic mass is 16.6. The van der Waals surface area contributed by atoms with Crippen LogP contribution in [0, 0.1) is 0 Å². The molecular formula is C7H12O4. The Hall–Kier alpha value is -1.06. The fourth-order valence-corrected chi connectivity index (χ4v) is 0.699. The van der Waals surface area contributed by atoms with Gasteiger partial charge in [0.2, 0.25) is 0 Å². The first kappa shape index (κ1) is 9.94. The molecule has 0 bridgehead atoms. The van der Waals surface area contributed by atoms with Crippen LogP contribution in [0.25, 0.3) is 0 Å². The highest BCUT2D eigenvalue weighted by molar-refractivity contribution is 6.28. The molecule has 0 spiro atoms. The number of hydrogen-bond acceptors (Lipinski definition) is 3. The molecule has 0 radical (unpaired) electrons. The van der Waals surface area contributed by atoms with Gasteiger partial charge in [-0.1, -0.05) is 13.3 Å². The average molecular weight is 160 g/mol. The summed E-state index contributed by atoms with van der Waals surface area (Å²) in [6, 6.07) is 0. The average Bonchev–Trinajstić information content (AvgIpc) is 1.87. The van der Waals surface area contributed by atoms with Crippen LogP contribution in [0.3, 0.4) is 0 Å². The number of aliphatic carboxylic acids is 1. The van der Waals surface area contributed by atoms with Gasteiger partial charge in [-0.25, -0.2) is 9.59 Å². The molecular weight excluding hydrogens is 148 g/mol. The van der Waals surface area contributed by atoms with E-state index in [-0.39, 0.29) is 6.10 Å². The second kappa shape index (κ2) is 4.71. The molecule has 1 atom stereocenters. The zero-order valence-electron chi connectivity index (χ0n) is 6.66. The van der Waals surface area contributed by atoms with Crippen molar-refractivity contribution >= 4 is 11.9 Å². The lowest BCUT2D eigenvalue weighted by Crippen LogP contribution is -2.21. The third-order valence-electron chi connectivity index (χ3n) is 1.18. The number of hydrogen-bond donors (Lipinski definition) is 1. The summed E-state index contributed by atoms with van der Waals surface area (Å²) in [6.07, 6.45) is 1.26. The maximum absolute atomic E-state index is 10.4. The number of ether oxygens (including phenoxy) is 1. The van der Waals surface area contributed by atoms with Gasteiger partial charge in [-0.15, -0.1) is 0 Å². The van der Waals surface area contributed by atoms with Crippen molar-refractivity contribution in [3.8, 4) is 0 Å². The maximum atomic E-state index is 10.4. The largest absolute Gasteiger partial charge is 0.473 e. The first-order valence-electron chi connectivity index (χ1n) is 3.51. The number of carbonyl (C=O) groups is 2. The van der Waals surface area contributed by atoms with Crippen molar-refractivity contribution in [3.63, 3.8) is 0 Å². The normalized spacial score (nSPS) is 12.2. The highest BCUT2D eigenvalue weighted by Gasteiger charge is 2.15. The van der Waals surface area contributed by atoms with E-state index in [0.717, 1.165) is 6.42 Å². The number of rotatable bonds is 3. The molecule has 11 heavy (non-hydrogen) atoms. The molecule has 1 unspecified atom stereocenters. The second-order valence-electron chi connectivity index (χ2n) is 2.31. The summed E-state index contributed by atoms with van der Waals surface area (Å²) in [5, 5.41) is 8.12. The minimum absolute atomic E-state index is 0.302. The Morgan fingerprint density at radius 2 is 2.09 bits per heavy atom. The Morgan fingerprint density at radius 3 is 2.45 bits per heavy atom. The minimum atomic E-state index is -1.53. The molecule has 1 N–H and O–H groups in total.